The van der Waals surface area contributed by atoms with Crippen LogP contribution in [0.2, 0.25) is 0 Å². The first-order chi connectivity index (χ1) is 12.1. The molecule has 4 N–H and O–H groups in total. The number of allylic oxidation sites excluding steroid dienone is 3. The summed E-state index contributed by atoms with van der Waals surface area (Å²) >= 11 is 0. The second-order valence-corrected chi connectivity index (χ2v) is 7.57. The van der Waals surface area contributed by atoms with Crippen LogP contribution in [0.3, 0.4) is 0 Å². The zero-order valence-electron chi connectivity index (χ0n) is 14.5. The quantitative estimate of drug-likeness (QED) is 0.851. The lowest BCUT2D eigenvalue weighted by Crippen LogP contribution is -2.21. The summed E-state index contributed by atoms with van der Waals surface area (Å²) in [5, 5.41) is 0. The van der Waals surface area contributed by atoms with Gasteiger partial charge in [0.2, 0.25) is 5.91 Å². The van der Waals surface area contributed by atoms with Crippen LogP contribution in [0.1, 0.15) is 78.4 Å². The van der Waals surface area contributed by atoms with Gasteiger partial charge in [-0.3, -0.25) is 4.79 Å². The highest BCUT2D eigenvalue weighted by atomic mass is 19.1. The van der Waals surface area contributed by atoms with Gasteiger partial charge in [0, 0.05) is 17.2 Å². The predicted molar refractivity (Wildman–Crippen MR) is 98.4 cm³/mol. The summed E-state index contributed by atoms with van der Waals surface area (Å²) < 4.78 is 15.1. The van der Waals surface area contributed by atoms with Crippen molar-refractivity contribution in [3.8, 4) is 0 Å². The number of carbonyl (C=O) groups is 1. The van der Waals surface area contributed by atoms with Gasteiger partial charge in [0.05, 0.1) is 0 Å². The van der Waals surface area contributed by atoms with E-state index in [1.54, 1.807) is 0 Å². The summed E-state index contributed by atoms with van der Waals surface area (Å²) in [7, 11) is 0. The average Bonchev–Trinajstić information content (AvgIpc) is 2.76. The Hall–Kier alpha value is -1.94. The minimum absolute atomic E-state index is 0.0152. The molecular weight excluding hydrogens is 315 g/mol. The number of carbonyl (C=O) groups excluding carboxylic acids is 1. The molecule has 0 aliphatic heterocycles. The molecule has 0 saturated heterocycles. The standard InChI is InChI=1S/C21H25FN2O/c22-18-11-17(21(24)25)16-10-12-5-2-1-3-8-15(12)20(16)19(18)13-6-4-7-14(23)9-13/h9,11,14H,1-8,10,23H2,(H2,24,25)/t14-/m0/s1. The Kier molecular flexibility index (Phi) is 4.24. The van der Waals surface area contributed by atoms with E-state index in [1.807, 2.05) is 6.08 Å². The molecule has 0 aromatic heterocycles. The van der Waals surface area contributed by atoms with Gasteiger partial charge in [-0.1, -0.05) is 18.1 Å². The maximum absolute atomic E-state index is 15.1. The molecule has 0 unspecified atom stereocenters. The predicted octanol–water partition coefficient (Wildman–Crippen LogP) is 4.09. The van der Waals surface area contributed by atoms with Gasteiger partial charge in [0.1, 0.15) is 5.82 Å². The molecule has 1 aromatic carbocycles. The zero-order valence-corrected chi connectivity index (χ0v) is 14.5. The van der Waals surface area contributed by atoms with Crippen LogP contribution >= 0.6 is 0 Å². The van der Waals surface area contributed by atoms with Crippen molar-refractivity contribution in [1.29, 1.82) is 0 Å². The third kappa shape index (κ3) is 2.82. The molecule has 25 heavy (non-hydrogen) atoms. The topological polar surface area (TPSA) is 69.1 Å². The summed E-state index contributed by atoms with van der Waals surface area (Å²) in [6.07, 6.45) is 11.0. The number of hydrogen-bond donors (Lipinski definition) is 2. The number of rotatable bonds is 2. The van der Waals surface area contributed by atoms with Crippen LogP contribution in [-0.2, 0) is 6.42 Å². The monoisotopic (exact) mass is 340 g/mol. The first kappa shape index (κ1) is 16.5. The summed E-state index contributed by atoms with van der Waals surface area (Å²) in [5.74, 6) is -0.861. The van der Waals surface area contributed by atoms with E-state index in [-0.39, 0.29) is 11.9 Å². The minimum atomic E-state index is -0.534. The number of benzene rings is 1. The van der Waals surface area contributed by atoms with E-state index < -0.39 is 5.91 Å². The number of nitrogens with two attached hydrogens (primary N) is 2. The average molecular weight is 340 g/mol. The van der Waals surface area contributed by atoms with Crippen LogP contribution in [0.25, 0.3) is 11.1 Å². The van der Waals surface area contributed by atoms with E-state index in [0.717, 1.165) is 61.6 Å². The molecule has 3 aliphatic rings. The van der Waals surface area contributed by atoms with Gasteiger partial charge in [0.25, 0.3) is 0 Å². The highest BCUT2D eigenvalue weighted by Crippen LogP contribution is 2.47. The molecule has 3 aliphatic carbocycles. The van der Waals surface area contributed by atoms with Gasteiger partial charge < -0.3 is 11.5 Å². The SMILES string of the molecule is NC(=O)c1cc(F)c(C2=C[C@@H](N)CCC2)c2c1CC1=C2CCCCC1. The minimum Gasteiger partial charge on any atom is -0.366 e. The van der Waals surface area contributed by atoms with E-state index in [2.05, 4.69) is 0 Å². The molecule has 1 aromatic rings. The Morgan fingerprint density at radius 3 is 2.64 bits per heavy atom. The first-order valence-corrected chi connectivity index (χ1v) is 9.39. The Balaban J connectivity index is 1.95. The van der Waals surface area contributed by atoms with Crippen molar-refractivity contribution in [2.75, 3.05) is 0 Å². The number of halogens is 1. The summed E-state index contributed by atoms with van der Waals surface area (Å²) in [6, 6.07) is 1.34. The van der Waals surface area contributed by atoms with Crippen molar-refractivity contribution in [2.45, 2.75) is 63.8 Å². The lowest BCUT2D eigenvalue weighted by atomic mass is 9.84. The van der Waals surface area contributed by atoms with Crippen LogP contribution < -0.4 is 11.5 Å². The molecule has 1 amide bonds. The van der Waals surface area contributed by atoms with Gasteiger partial charge >= 0.3 is 0 Å². The first-order valence-electron chi connectivity index (χ1n) is 9.39. The molecule has 3 nitrogen and oxygen atoms in total. The van der Waals surface area contributed by atoms with Crippen LogP contribution in [0.5, 0.6) is 0 Å². The molecule has 132 valence electrons. The number of hydrogen-bond acceptors (Lipinski definition) is 2. The molecule has 0 saturated carbocycles. The van der Waals surface area contributed by atoms with Crippen LogP contribution in [0.4, 0.5) is 4.39 Å². The van der Waals surface area contributed by atoms with Gasteiger partial charge in [0.15, 0.2) is 0 Å². The lowest BCUT2D eigenvalue weighted by molar-refractivity contribution is 0.0999. The number of primary amides is 1. The Labute approximate surface area is 148 Å². The van der Waals surface area contributed by atoms with Gasteiger partial charge in [-0.05, 0) is 79.7 Å². The third-order valence-electron chi connectivity index (χ3n) is 5.90. The van der Waals surface area contributed by atoms with E-state index in [9.17, 15) is 4.79 Å². The van der Waals surface area contributed by atoms with E-state index in [4.69, 9.17) is 11.5 Å². The fraction of sp³-hybridized carbons (Fsp3) is 0.476. The molecular formula is C21H25FN2O. The number of amides is 1. The summed E-state index contributed by atoms with van der Waals surface area (Å²) in [4.78, 5) is 11.9. The van der Waals surface area contributed by atoms with Crippen molar-refractivity contribution >= 4 is 17.1 Å². The maximum atomic E-state index is 15.1. The Morgan fingerprint density at radius 1 is 1.08 bits per heavy atom. The number of fused-ring (bicyclic) bond motifs is 2. The van der Waals surface area contributed by atoms with Crippen LogP contribution in [-0.4, -0.2) is 11.9 Å². The largest absolute Gasteiger partial charge is 0.366 e. The second-order valence-electron chi connectivity index (χ2n) is 7.57. The Morgan fingerprint density at radius 2 is 1.88 bits per heavy atom. The van der Waals surface area contributed by atoms with Crippen molar-refractivity contribution in [3.05, 3.63) is 45.8 Å². The van der Waals surface area contributed by atoms with Crippen molar-refractivity contribution in [2.24, 2.45) is 11.5 Å². The summed E-state index contributed by atoms with van der Waals surface area (Å²) in [5.41, 5.74) is 18.3. The third-order valence-corrected chi connectivity index (χ3v) is 5.90. The molecule has 0 heterocycles. The van der Waals surface area contributed by atoms with Crippen molar-refractivity contribution in [1.82, 2.24) is 0 Å². The fourth-order valence-corrected chi connectivity index (χ4v) is 4.76. The zero-order chi connectivity index (χ0) is 17.6. The molecule has 0 radical (unpaired) electrons. The van der Waals surface area contributed by atoms with E-state index >= 15 is 4.39 Å². The molecule has 1 atom stereocenters. The fourth-order valence-electron chi connectivity index (χ4n) is 4.76. The van der Waals surface area contributed by atoms with Crippen LogP contribution in [0, 0.1) is 5.82 Å². The molecule has 4 rings (SSSR count). The maximum Gasteiger partial charge on any atom is 0.249 e. The molecule has 4 heteroatoms. The second kappa shape index (κ2) is 6.41. The van der Waals surface area contributed by atoms with Crippen molar-refractivity contribution < 1.29 is 9.18 Å². The smallest absolute Gasteiger partial charge is 0.249 e. The van der Waals surface area contributed by atoms with Gasteiger partial charge in [-0.25, -0.2) is 4.39 Å². The molecule has 0 bridgehead atoms. The highest BCUT2D eigenvalue weighted by molar-refractivity contribution is 5.99. The summed E-state index contributed by atoms with van der Waals surface area (Å²) in [6.45, 7) is 0. The lowest BCUT2D eigenvalue weighted by Gasteiger charge is -2.22. The van der Waals surface area contributed by atoms with Gasteiger partial charge in [-0.2, -0.15) is 0 Å². The van der Waals surface area contributed by atoms with Crippen molar-refractivity contribution in [3.63, 3.8) is 0 Å². The van der Waals surface area contributed by atoms with Crippen LogP contribution in [0.15, 0.2) is 17.7 Å². The molecule has 0 fully saturated rings. The molecule has 0 spiro atoms. The van der Waals surface area contributed by atoms with E-state index in [1.165, 1.54) is 30.1 Å². The highest BCUT2D eigenvalue weighted by Gasteiger charge is 2.32. The Bertz CT molecular complexity index is 807. The van der Waals surface area contributed by atoms with Gasteiger partial charge in [-0.15, -0.1) is 0 Å². The normalized spacial score (nSPS) is 23.0. The van der Waals surface area contributed by atoms with E-state index in [0.29, 0.717) is 11.1 Å².